The molecule has 1 N–H and O–H groups in total. The van der Waals surface area contributed by atoms with Crippen LogP contribution in [-0.2, 0) is 4.79 Å². The molecule has 1 amide bonds. The average Bonchev–Trinajstić information content (AvgIpc) is 2.69. The fourth-order valence-corrected chi connectivity index (χ4v) is 2.92. The van der Waals surface area contributed by atoms with Crippen LogP contribution in [0.25, 0.3) is 0 Å². The smallest absolute Gasteiger partial charge is 0.263 e. The molecule has 6 heteroatoms. The highest BCUT2D eigenvalue weighted by Gasteiger charge is 2.29. The number of carbonyl (C=O) groups is 1. The van der Waals surface area contributed by atoms with Crippen LogP contribution in [0.2, 0.25) is 5.02 Å². The van der Waals surface area contributed by atoms with Crippen molar-refractivity contribution in [2.45, 2.75) is 32.8 Å². The van der Waals surface area contributed by atoms with Crippen LogP contribution in [-0.4, -0.2) is 38.3 Å². The maximum atomic E-state index is 12.5. The van der Waals surface area contributed by atoms with Gasteiger partial charge in [-0.05, 0) is 75.7 Å². The van der Waals surface area contributed by atoms with Crippen LogP contribution in [0.3, 0.4) is 0 Å². The lowest BCUT2D eigenvalue weighted by Crippen LogP contribution is -2.47. The van der Waals surface area contributed by atoms with Crippen LogP contribution in [0.4, 0.5) is 5.69 Å². The number of ether oxygens (including phenoxy) is 2. The van der Waals surface area contributed by atoms with E-state index in [9.17, 15) is 4.79 Å². The Morgan fingerprint density at radius 2 is 1.68 bits per heavy atom. The van der Waals surface area contributed by atoms with Crippen LogP contribution in [0, 0.1) is 0 Å². The summed E-state index contributed by atoms with van der Waals surface area (Å²) in [5.41, 5.74) is 0.176. The van der Waals surface area contributed by atoms with Gasteiger partial charge in [-0.15, -0.1) is 0 Å². The number of hydrogen-bond acceptors (Lipinski definition) is 4. The zero-order chi connectivity index (χ0) is 20.6. The Bertz CT molecular complexity index is 745. The minimum atomic E-state index is -0.964. The molecule has 152 valence electrons. The van der Waals surface area contributed by atoms with Gasteiger partial charge in [-0.3, -0.25) is 4.79 Å². The molecule has 0 heterocycles. The summed E-state index contributed by atoms with van der Waals surface area (Å²) in [5.74, 6) is 1.31. The van der Waals surface area contributed by atoms with Crippen LogP contribution < -0.4 is 19.7 Å². The number of carbonyl (C=O) groups excluding carboxylic acids is 1. The van der Waals surface area contributed by atoms with Gasteiger partial charge < -0.3 is 19.7 Å². The Morgan fingerprint density at radius 3 is 2.25 bits per heavy atom. The van der Waals surface area contributed by atoms with Crippen molar-refractivity contribution in [2.75, 3.05) is 31.6 Å². The first kappa shape index (κ1) is 21.9. The van der Waals surface area contributed by atoms with Gasteiger partial charge in [-0.1, -0.05) is 11.6 Å². The van der Waals surface area contributed by atoms with Crippen molar-refractivity contribution in [2.24, 2.45) is 0 Å². The summed E-state index contributed by atoms with van der Waals surface area (Å²) in [5, 5.41) is 3.60. The average molecular weight is 405 g/mol. The lowest BCUT2D eigenvalue weighted by Gasteiger charge is -2.26. The van der Waals surface area contributed by atoms with Crippen molar-refractivity contribution in [3.8, 4) is 11.5 Å². The zero-order valence-corrected chi connectivity index (χ0v) is 17.8. The first-order valence-corrected chi connectivity index (χ1v) is 9.85. The number of methoxy groups -OCH3 is 1. The van der Waals surface area contributed by atoms with E-state index in [0.29, 0.717) is 17.3 Å². The largest absolute Gasteiger partial charge is 0.497 e. The topological polar surface area (TPSA) is 50.8 Å². The monoisotopic (exact) mass is 404 g/mol. The highest BCUT2D eigenvalue weighted by molar-refractivity contribution is 6.30. The van der Waals surface area contributed by atoms with Gasteiger partial charge in [0.15, 0.2) is 5.60 Å². The predicted molar refractivity (Wildman–Crippen MR) is 115 cm³/mol. The second-order valence-electron chi connectivity index (χ2n) is 6.95. The summed E-state index contributed by atoms with van der Waals surface area (Å²) >= 11 is 5.88. The fraction of sp³-hybridized carbons (Fsp3) is 0.409. The van der Waals surface area contributed by atoms with Gasteiger partial charge >= 0.3 is 0 Å². The van der Waals surface area contributed by atoms with E-state index in [2.05, 4.69) is 17.1 Å². The molecule has 0 aliphatic heterocycles. The highest BCUT2D eigenvalue weighted by Crippen LogP contribution is 2.21. The minimum absolute atomic E-state index is 0.144. The minimum Gasteiger partial charge on any atom is -0.497 e. The standard InChI is InChI=1S/C22H29ClN2O3/c1-5-25(18-9-13-19(27-4)14-10-18)16-6-15-24-21(26)22(2,3)28-20-11-7-17(23)8-12-20/h7-14H,5-6,15-16H2,1-4H3,(H,24,26). The number of hydrogen-bond donors (Lipinski definition) is 1. The predicted octanol–water partition coefficient (Wildman–Crippen LogP) is 4.54. The van der Waals surface area contributed by atoms with Gasteiger partial charge in [-0.2, -0.15) is 0 Å². The van der Waals surface area contributed by atoms with Crippen LogP contribution in [0.5, 0.6) is 11.5 Å². The molecule has 0 radical (unpaired) electrons. The Morgan fingerprint density at radius 1 is 1.07 bits per heavy atom. The van der Waals surface area contributed by atoms with Gasteiger partial charge in [0.1, 0.15) is 11.5 Å². The molecule has 2 aromatic carbocycles. The fourth-order valence-electron chi connectivity index (χ4n) is 2.79. The Labute approximate surface area is 172 Å². The molecule has 0 unspecified atom stereocenters. The maximum Gasteiger partial charge on any atom is 0.263 e. The van der Waals surface area contributed by atoms with Crippen LogP contribution in [0.15, 0.2) is 48.5 Å². The lowest BCUT2D eigenvalue weighted by molar-refractivity contribution is -0.134. The number of halogens is 1. The molecule has 2 rings (SSSR count). The molecule has 0 aromatic heterocycles. The van der Waals surface area contributed by atoms with Gasteiger partial charge in [0, 0.05) is 30.3 Å². The third kappa shape index (κ3) is 6.34. The molecule has 0 atom stereocenters. The van der Waals surface area contributed by atoms with E-state index in [1.54, 1.807) is 45.2 Å². The molecular formula is C22H29ClN2O3. The molecule has 0 bridgehead atoms. The lowest BCUT2D eigenvalue weighted by atomic mass is 10.1. The third-order valence-electron chi connectivity index (χ3n) is 4.44. The zero-order valence-electron chi connectivity index (χ0n) is 17.0. The number of nitrogens with zero attached hydrogens (tertiary/aromatic N) is 1. The molecule has 0 aliphatic rings. The molecule has 0 fully saturated rings. The third-order valence-corrected chi connectivity index (χ3v) is 4.70. The summed E-state index contributed by atoms with van der Waals surface area (Å²) in [4.78, 5) is 14.8. The van der Waals surface area contributed by atoms with Crippen molar-refractivity contribution >= 4 is 23.2 Å². The van der Waals surface area contributed by atoms with Crippen molar-refractivity contribution in [1.29, 1.82) is 0 Å². The molecule has 0 saturated carbocycles. The Balaban J connectivity index is 1.80. The van der Waals surface area contributed by atoms with E-state index in [1.807, 2.05) is 24.3 Å². The summed E-state index contributed by atoms with van der Waals surface area (Å²) in [6.07, 6.45) is 0.836. The van der Waals surface area contributed by atoms with Gasteiger partial charge in [-0.25, -0.2) is 0 Å². The molecular weight excluding hydrogens is 376 g/mol. The van der Waals surface area contributed by atoms with E-state index >= 15 is 0 Å². The second-order valence-corrected chi connectivity index (χ2v) is 7.39. The Hall–Kier alpha value is -2.40. The quantitative estimate of drug-likeness (QED) is 0.590. The molecule has 5 nitrogen and oxygen atoms in total. The van der Waals surface area contributed by atoms with E-state index in [1.165, 1.54) is 0 Å². The number of anilines is 1. The van der Waals surface area contributed by atoms with E-state index in [0.717, 1.165) is 30.9 Å². The highest BCUT2D eigenvalue weighted by atomic mass is 35.5. The van der Waals surface area contributed by atoms with Gasteiger partial charge in [0.2, 0.25) is 0 Å². The summed E-state index contributed by atoms with van der Waals surface area (Å²) in [6.45, 7) is 7.96. The number of rotatable bonds is 10. The molecule has 0 saturated heterocycles. The molecule has 28 heavy (non-hydrogen) atoms. The van der Waals surface area contributed by atoms with Gasteiger partial charge in [0.05, 0.1) is 7.11 Å². The number of amides is 1. The van der Waals surface area contributed by atoms with Crippen LogP contribution in [0.1, 0.15) is 27.2 Å². The van der Waals surface area contributed by atoms with Crippen molar-refractivity contribution in [3.05, 3.63) is 53.6 Å². The second kappa shape index (κ2) is 10.2. The van der Waals surface area contributed by atoms with E-state index < -0.39 is 5.60 Å². The van der Waals surface area contributed by atoms with E-state index in [4.69, 9.17) is 21.1 Å². The maximum absolute atomic E-state index is 12.5. The first-order valence-electron chi connectivity index (χ1n) is 9.47. The van der Waals surface area contributed by atoms with Crippen molar-refractivity contribution in [3.63, 3.8) is 0 Å². The van der Waals surface area contributed by atoms with Crippen LogP contribution >= 0.6 is 11.6 Å². The van der Waals surface area contributed by atoms with Gasteiger partial charge in [0.25, 0.3) is 5.91 Å². The molecule has 2 aromatic rings. The number of benzene rings is 2. The first-order chi connectivity index (χ1) is 13.4. The van der Waals surface area contributed by atoms with E-state index in [-0.39, 0.29) is 5.91 Å². The Kier molecular flexibility index (Phi) is 8.00. The normalized spacial score (nSPS) is 11.0. The number of nitrogens with one attached hydrogen (secondary N) is 1. The SMILES string of the molecule is CCN(CCCNC(=O)C(C)(C)Oc1ccc(Cl)cc1)c1ccc(OC)cc1. The van der Waals surface area contributed by atoms with Crippen molar-refractivity contribution < 1.29 is 14.3 Å². The summed E-state index contributed by atoms with van der Waals surface area (Å²) < 4.78 is 11.0. The van der Waals surface area contributed by atoms with Crippen molar-refractivity contribution in [1.82, 2.24) is 5.32 Å². The molecule has 0 aliphatic carbocycles. The molecule has 0 spiro atoms. The summed E-state index contributed by atoms with van der Waals surface area (Å²) in [6, 6.07) is 15.0. The summed E-state index contributed by atoms with van der Waals surface area (Å²) in [7, 11) is 1.66.